The molecule has 10 heteroatoms. The Morgan fingerprint density at radius 2 is 1.45 bits per heavy atom. The Labute approximate surface area is 242 Å². The minimum Gasteiger partial charge on any atom is -0.497 e. The van der Waals surface area contributed by atoms with Crippen LogP contribution in [0.3, 0.4) is 0 Å². The van der Waals surface area contributed by atoms with E-state index in [9.17, 15) is 14.4 Å². The third-order valence-electron chi connectivity index (χ3n) is 7.30. The number of aromatic amines is 1. The Bertz CT molecular complexity index is 1570. The van der Waals surface area contributed by atoms with Gasteiger partial charge < -0.3 is 23.7 Å². The molecule has 0 amide bonds. The van der Waals surface area contributed by atoms with Crippen LogP contribution in [0.5, 0.6) is 11.5 Å². The lowest BCUT2D eigenvalue weighted by Crippen LogP contribution is -2.39. The molecule has 1 aliphatic rings. The molecule has 0 saturated carbocycles. The fourth-order valence-corrected chi connectivity index (χ4v) is 5.29. The van der Waals surface area contributed by atoms with Gasteiger partial charge in [-0.05, 0) is 41.0 Å². The van der Waals surface area contributed by atoms with Crippen LogP contribution in [0, 0.1) is 0 Å². The number of carbonyl (C=O) groups is 1. The van der Waals surface area contributed by atoms with Crippen molar-refractivity contribution in [2.75, 3.05) is 20.8 Å². The van der Waals surface area contributed by atoms with Crippen LogP contribution in [0.4, 0.5) is 0 Å². The third kappa shape index (κ3) is 5.86. The third-order valence-corrected chi connectivity index (χ3v) is 7.30. The number of esters is 1. The van der Waals surface area contributed by atoms with Gasteiger partial charge in [0.1, 0.15) is 35.5 Å². The molecule has 1 N–H and O–H groups in total. The number of nitrogens with zero attached hydrogens (tertiary/aromatic N) is 1. The van der Waals surface area contributed by atoms with E-state index < -0.39 is 41.3 Å². The molecular formula is C32H32N2O8. The Hall–Kier alpha value is -4.67. The van der Waals surface area contributed by atoms with Crippen molar-refractivity contribution in [2.24, 2.45) is 0 Å². The van der Waals surface area contributed by atoms with Gasteiger partial charge in [-0.25, -0.2) is 4.79 Å². The van der Waals surface area contributed by atoms with E-state index in [4.69, 9.17) is 23.7 Å². The maximum Gasteiger partial charge on any atom is 0.330 e. The Morgan fingerprint density at radius 3 is 1.98 bits per heavy atom. The molecule has 0 bridgehead atoms. The summed E-state index contributed by atoms with van der Waals surface area (Å²) in [5.74, 6) is 0.903. The summed E-state index contributed by atoms with van der Waals surface area (Å²) in [5.41, 5.74) is 0.264. The molecule has 3 atom stereocenters. The first-order valence-electron chi connectivity index (χ1n) is 13.5. The highest BCUT2D eigenvalue weighted by molar-refractivity contribution is 5.66. The van der Waals surface area contributed by atoms with Crippen molar-refractivity contribution in [1.29, 1.82) is 0 Å². The van der Waals surface area contributed by atoms with Gasteiger partial charge in [-0.3, -0.25) is 19.1 Å². The lowest BCUT2D eigenvalue weighted by atomic mass is 9.80. The van der Waals surface area contributed by atoms with Crippen LogP contribution in [0.2, 0.25) is 0 Å². The largest absolute Gasteiger partial charge is 0.497 e. The minimum absolute atomic E-state index is 0.000493. The van der Waals surface area contributed by atoms with Crippen molar-refractivity contribution >= 4 is 5.97 Å². The topological polar surface area (TPSA) is 118 Å². The monoisotopic (exact) mass is 572 g/mol. The van der Waals surface area contributed by atoms with Crippen LogP contribution >= 0.6 is 0 Å². The van der Waals surface area contributed by atoms with Gasteiger partial charge in [0.05, 0.1) is 20.8 Å². The quantitative estimate of drug-likeness (QED) is 0.225. The molecule has 2 heterocycles. The molecular weight excluding hydrogens is 540 g/mol. The average Bonchev–Trinajstić information content (AvgIpc) is 3.40. The maximum atomic E-state index is 12.5. The predicted octanol–water partition coefficient (Wildman–Crippen LogP) is 3.78. The molecule has 5 rings (SSSR count). The van der Waals surface area contributed by atoms with Crippen molar-refractivity contribution < 1.29 is 28.5 Å². The standard InChI is InChI=1S/C32H32N2O8/c1-21(35)41-27-19-30(34-18-17-29(36)33-31(34)37)42-28(27)20-40-32(22-7-5-4-6-8-22,23-9-13-25(38-2)14-10-23)24-11-15-26(39-3)16-12-24/h4-18,27-28,30H,19-20H2,1-3H3,(H,33,36,37)/t27-,28+,30+/m0/s1. The maximum absolute atomic E-state index is 12.5. The number of aromatic nitrogens is 2. The molecule has 218 valence electrons. The average molecular weight is 573 g/mol. The van der Waals surface area contributed by atoms with Gasteiger partial charge in [0.15, 0.2) is 0 Å². The highest BCUT2D eigenvalue weighted by Crippen LogP contribution is 2.43. The summed E-state index contributed by atoms with van der Waals surface area (Å²) in [7, 11) is 3.21. The number of hydrogen-bond donors (Lipinski definition) is 1. The summed E-state index contributed by atoms with van der Waals surface area (Å²) in [6.07, 6.45) is -0.643. The van der Waals surface area contributed by atoms with Crippen LogP contribution in [-0.2, 0) is 24.6 Å². The second kappa shape index (κ2) is 12.5. The lowest BCUT2D eigenvalue weighted by Gasteiger charge is -2.37. The van der Waals surface area contributed by atoms with Crippen molar-refractivity contribution in [2.45, 2.75) is 37.4 Å². The summed E-state index contributed by atoms with van der Waals surface area (Å²) < 4.78 is 30.9. The highest BCUT2D eigenvalue weighted by Gasteiger charge is 2.43. The van der Waals surface area contributed by atoms with Gasteiger partial charge in [-0.1, -0.05) is 54.6 Å². The number of ether oxygens (including phenoxy) is 5. The van der Waals surface area contributed by atoms with E-state index >= 15 is 0 Å². The van der Waals surface area contributed by atoms with E-state index in [1.54, 1.807) is 14.2 Å². The van der Waals surface area contributed by atoms with Crippen LogP contribution in [0.1, 0.15) is 36.3 Å². The van der Waals surface area contributed by atoms with E-state index in [2.05, 4.69) is 4.98 Å². The molecule has 0 radical (unpaired) electrons. The molecule has 10 nitrogen and oxygen atoms in total. The fraction of sp³-hybridized carbons (Fsp3) is 0.281. The molecule has 1 aromatic heterocycles. The molecule has 1 aliphatic heterocycles. The smallest absolute Gasteiger partial charge is 0.330 e. The zero-order valence-corrected chi connectivity index (χ0v) is 23.5. The molecule has 0 unspecified atom stereocenters. The number of carbonyl (C=O) groups excluding carboxylic acids is 1. The molecule has 1 fully saturated rings. The van der Waals surface area contributed by atoms with E-state index in [0.29, 0.717) is 11.5 Å². The van der Waals surface area contributed by atoms with Crippen molar-refractivity contribution in [3.63, 3.8) is 0 Å². The lowest BCUT2D eigenvalue weighted by molar-refractivity contribution is -0.153. The first-order chi connectivity index (χ1) is 20.3. The van der Waals surface area contributed by atoms with E-state index in [0.717, 1.165) is 16.7 Å². The normalized spacial score (nSPS) is 18.4. The Balaban J connectivity index is 1.57. The van der Waals surface area contributed by atoms with Gasteiger partial charge in [-0.2, -0.15) is 0 Å². The molecule has 1 saturated heterocycles. The fourth-order valence-electron chi connectivity index (χ4n) is 5.29. The summed E-state index contributed by atoms with van der Waals surface area (Å²) in [6, 6.07) is 26.2. The number of benzene rings is 3. The van der Waals surface area contributed by atoms with Crippen molar-refractivity contribution in [3.05, 3.63) is 129 Å². The van der Waals surface area contributed by atoms with Crippen molar-refractivity contribution in [1.82, 2.24) is 9.55 Å². The molecule has 4 aromatic rings. The minimum atomic E-state index is -1.11. The van der Waals surface area contributed by atoms with Crippen molar-refractivity contribution in [3.8, 4) is 11.5 Å². The Kier molecular flexibility index (Phi) is 8.56. The van der Waals surface area contributed by atoms with Gasteiger partial charge >= 0.3 is 11.7 Å². The second-order valence-corrected chi connectivity index (χ2v) is 9.85. The first-order valence-corrected chi connectivity index (χ1v) is 13.5. The van der Waals surface area contributed by atoms with Crippen LogP contribution < -0.4 is 20.7 Å². The molecule has 0 spiro atoms. The summed E-state index contributed by atoms with van der Waals surface area (Å²) in [4.78, 5) is 38.4. The first kappa shape index (κ1) is 28.8. The van der Waals surface area contributed by atoms with E-state index in [-0.39, 0.29) is 13.0 Å². The van der Waals surface area contributed by atoms with Gasteiger partial charge in [0.25, 0.3) is 5.56 Å². The summed E-state index contributed by atoms with van der Waals surface area (Å²) in [6.45, 7) is 1.32. The number of hydrogen-bond acceptors (Lipinski definition) is 8. The molecule has 3 aromatic carbocycles. The number of rotatable bonds is 10. The van der Waals surface area contributed by atoms with Crippen LogP contribution in [0.15, 0.2) is 101 Å². The molecule has 0 aliphatic carbocycles. The number of nitrogens with one attached hydrogen (secondary N) is 1. The highest BCUT2D eigenvalue weighted by atomic mass is 16.6. The van der Waals surface area contributed by atoms with E-state index in [1.165, 1.54) is 23.8 Å². The zero-order chi connectivity index (χ0) is 29.7. The van der Waals surface area contributed by atoms with E-state index in [1.807, 2.05) is 78.9 Å². The predicted molar refractivity (Wildman–Crippen MR) is 154 cm³/mol. The second-order valence-electron chi connectivity index (χ2n) is 9.85. The zero-order valence-electron chi connectivity index (χ0n) is 23.5. The van der Waals surface area contributed by atoms with Gasteiger partial charge in [0.2, 0.25) is 0 Å². The number of H-pyrrole nitrogens is 1. The Morgan fingerprint density at radius 1 is 0.881 bits per heavy atom. The number of methoxy groups -OCH3 is 2. The van der Waals surface area contributed by atoms with Gasteiger partial charge in [0, 0.05) is 25.6 Å². The SMILES string of the molecule is COc1ccc(C(OC[C@H]2O[C@@H](n3ccc(=O)[nH]c3=O)C[C@@H]2OC(C)=O)(c2ccccc2)c2ccc(OC)cc2)cc1. The van der Waals surface area contributed by atoms with Gasteiger partial charge in [-0.15, -0.1) is 0 Å². The molecule has 42 heavy (non-hydrogen) atoms. The summed E-state index contributed by atoms with van der Waals surface area (Å²) >= 11 is 0. The van der Waals surface area contributed by atoms with Crippen LogP contribution in [0.25, 0.3) is 0 Å². The summed E-state index contributed by atoms with van der Waals surface area (Å²) in [5, 5.41) is 0. The van der Waals surface area contributed by atoms with Crippen LogP contribution in [-0.4, -0.2) is 48.6 Å².